The number of rotatable bonds is 5. The van der Waals surface area contributed by atoms with E-state index < -0.39 is 0 Å². The zero-order valence-electron chi connectivity index (χ0n) is 19.1. The first-order valence-electron chi connectivity index (χ1n) is 11.3. The Morgan fingerprint density at radius 2 is 1.72 bits per heavy atom. The van der Waals surface area contributed by atoms with Gasteiger partial charge in [-0.3, -0.25) is 4.90 Å². The fraction of sp³-hybridized carbons (Fsp3) is 0.370. The first kappa shape index (κ1) is 21.0. The van der Waals surface area contributed by atoms with Crippen molar-refractivity contribution in [1.29, 1.82) is 0 Å². The van der Waals surface area contributed by atoms with Crippen LogP contribution < -0.4 is 4.74 Å². The predicted octanol–water partition coefficient (Wildman–Crippen LogP) is 5.66. The van der Waals surface area contributed by atoms with E-state index in [1.54, 1.807) is 0 Å². The molecule has 1 saturated heterocycles. The van der Waals surface area contributed by atoms with Gasteiger partial charge in [0.05, 0.1) is 18.8 Å². The molecule has 166 valence electrons. The third kappa shape index (κ3) is 4.36. The summed E-state index contributed by atoms with van der Waals surface area (Å²) in [5.74, 6) is 1.40. The first-order valence-corrected chi connectivity index (χ1v) is 11.3. The van der Waals surface area contributed by atoms with Gasteiger partial charge in [0, 0.05) is 19.6 Å². The summed E-state index contributed by atoms with van der Waals surface area (Å²) < 4.78 is 17.9. The molecule has 0 aliphatic carbocycles. The van der Waals surface area contributed by atoms with Crippen molar-refractivity contribution in [2.45, 2.75) is 26.2 Å². The predicted molar refractivity (Wildman–Crippen MR) is 128 cm³/mol. The Balaban J connectivity index is 1.49. The van der Waals surface area contributed by atoms with Gasteiger partial charge in [-0.05, 0) is 46.0 Å². The van der Waals surface area contributed by atoms with Gasteiger partial charge in [0.1, 0.15) is 17.9 Å². The highest BCUT2D eigenvalue weighted by Gasteiger charge is 2.19. The molecular weight excluding hydrogens is 400 g/mol. The van der Waals surface area contributed by atoms with Crippen molar-refractivity contribution in [1.82, 2.24) is 9.88 Å². The van der Waals surface area contributed by atoms with E-state index >= 15 is 0 Å². The minimum Gasteiger partial charge on any atom is -0.491 e. The van der Waals surface area contributed by atoms with E-state index in [1.807, 2.05) is 18.2 Å². The second-order valence-corrected chi connectivity index (χ2v) is 9.45. The Morgan fingerprint density at radius 1 is 0.969 bits per heavy atom. The van der Waals surface area contributed by atoms with Crippen LogP contribution in [0.15, 0.2) is 59.0 Å². The molecule has 1 aliphatic rings. The van der Waals surface area contributed by atoms with Crippen LogP contribution in [0.3, 0.4) is 0 Å². The normalized spacial score (nSPS) is 15.5. The summed E-state index contributed by atoms with van der Waals surface area (Å²) in [5.41, 5.74) is 3.86. The fourth-order valence-corrected chi connectivity index (χ4v) is 4.12. The number of hydrogen-bond donors (Lipinski definition) is 0. The number of ether oxygens (including phenoxy) is 2. The van der Waals surface area contributed by atoms with Gasteiger partial charge in [0.2, 0.25) is 5.89 Å². The summed E-state index contributed by atoms with van der Waals surface area (Å²) in [6.07, 6.45) is 0. The van der Waals surface area contributed by atoms with E-state index in [0.29, 0.717) is 12.5 Å². The van der Waals surface area contributed by atoms with Crippen molar-refractivity contribution < 1.29 is 13.9 Å². The first-order chi connectivity index (χ1) is 15.5. The van der Waals surface area contributed by atoms with Crippen molar-refractivity contribution >= 4 is 21.9 Å². The molecule has 4 aromatic rings. The highest BCUT2D eigenvalue weighted by Crippen LogP contribution is 2.36. The van der Waals surface area contributed by atoms with Crippen LogP contribution in [0.1, 0.15) is 26.3 Å². The summed E-state index contributed by atoms with van der Waals surface area (Å²) in [7, 11) is 0. The van der Waals surface area contributed by atoms with Crippen molar-refractivity contribution in [3.05, 3.63) is 60.2 Å². The van der Waals surface area contributed by atoms with E-state index in [9.17, 15) is 0 Å². The Labute approximate surface area is 188 Å². The van der Waals surface area contributed by atoms with Crippen molar-refractivity contribution in [2.75, 3.05) is 39.5 Å². The lowest BCUT2D eigenvalue weighted by Crippen LogP contribution is -2.38. The molecule has 5 nitrogen and oxygen atoms in total. The summed E-state index contributed by atoms with van der Waals surface area (Å²) in [6.45, 7) is 11.6. The Bertz CT molecular complexity index is 1230. The van der Waals surface area contributed by atoms with Crippen LogP contribution in [0.25, 0.3) is 33.3 Å². The number of aromatic nitrogens is 1. The third-order valence-electron chi connectivity index (χ3n) is 6.10. The van der Waals surface area contributed by atoms with Gasteiger partial charge in [-0.15, -0.1) is 0 Å². The molecule has 0 saturated carbocycles. The molecule has 3 aromatic carbocycles. The van der Waals surface area contributed by atoms with Gasteiger partial charge in [-0.25, -0.2) is 4.98 Å². The second-order valence-electron chi connectivity index (χ2n) is 9.45. The van der Waals surface area contributed by atoms with Gasteiger partial charge >= 0.3 is 0 Å². The van der Waals surface area contributed by atoms with Crippen LogP contribution >= 0.6 is 0 Å². The van der Waals surface area contributed by atoms with Crippen LogP contribution in [-0.4, -0.2) is 49.3 Å². The van der Waals surface area contributed by atoms with E-state index in [1.165, 1.54) is 5.56 Å². The fourth-order valence-electron chi connectivity index (χ4n) is 4.12. The summed E-state index contributed by atoms with van der Waals surface area (Å²) in [4.78, 5) is 7.22. The highest BCUT2D eigenvalue weighted by atomic mass is 16.5. The molecule has 1 fully saturated rings. The lowest BCUT2D eigenvalue weighted by Gasteiger charge is -2.26. The van der Waals surface area contributed by atoms with E-state index in [2.05, 4.69) is 62.1 Å². The minimum atomic E-state index is 0.0595. The quantitative estimate of drug-likeness (QED) is 0.409. The summed E-state index contributed by atoms with van der Waals surface area (Å²) >= 11 is 0. The second kappa shape index (κ2) is 8.57. The lowest BCUT2D eigenvalue weighted by molar-refractivity contribution is 0.0323. The Morgan fingerprint density at radius 3 is 2.47 bits per heavy atom. The zero-order valence-corrected chi connectivity index (χ0v) is 19.1. The minimum absolute atomic E-state index is 0.0595. The van der Waals surface area contributed by atoms with Gasteiger partial charge < -0.3 is 13.9 Å². The average Bonchev–Trinajstić information content (AvgIpc) is 3.22. The monoisotopic (exact) mass is 430 g/mol. The van der Waals surface area contributed by atoms with Crippen molar-refractivity contribution in [2.24, 2.45) is 0 Å². The van der Waals surface area contributed by atoms with Crippen molar-refractivity contribution in [3.8, 4) is 17.2 Å². The largest absolute Gasteiger partial charge is 0.491 e. The number of benzene rings is 3. The Kier molecular flexibility index (Phi) is 5.62. The summed E-state index contributed by atoms with van der Waals surface area (Å²) in [6, 6.07) is 18.8. The number of fused-ring (bicyclic) bond motifs is 2. The van der Waals surface area contributed by atoms with E-state index in [4.69, 9.17) is 18.9 Å². The third-order valence-corrected chi connectivity index (χ3v) is 6.10. The maximum Gasteiger partial charge on any atom is 0.231 e. The molecule has 0 spiro atoms. The van der Waals surface area contributed by atoms with Gasteiger partial charge in [-0.2, -0.15) is 0 Å². The molecule has 2 heterocycles. The van der Waals surface area contributed by atoms with Gasteiger partial charge in [-0.1, -0.05) is 51.1 Å². The highest BCUT2D eigenvalue weighted by molar-refractivity contribution is 5.90. The molecule has 0 amide bonds. The SMILES string of the molecule is CC(C)(C)c1ccc2oc(-c3cc4ccccc4cc3OCCN3CCOCC3)nc2c1. The standard InChI is InChI=1S/C27H30N2O3/c1-27(2,3)21-8-9-24-23(18-21)28-26(32-24)22-16-19-6-4-5-7-20(19)17-25(22)31-15-12-29-10-13-30-14-11-29/h4-9,16-18H,10-15H2,1-3H3. The van der Waals surface area contributed by atoms with Crippen LogP contribution in [0.5, 0.6) is 5.75 Å². The van der Waals surface area contributed by atoms with Crippen molar-refractivity contribution in [3.63, 3.8) is 0 Å². The summed E-state index contributed by atoms with van der Waals surface area (Å²) in [5, 5.41) is 2.28. The molecule has 1 aliphatic heterocycles. The van der Waals surface area contributed by atoms with Crippen LogP contribution in [-0.2, 0) is 10.2 Å². The molecule has 0 N–H and O–H groups in total. The van der Waals surface area contributed by atoms with E-state index in [0.717, 1.165) is 66.0 Å². The molecule has 1 aromatic heterocycles. The Hall–Kier alpha value is -2.89. The molecule has 32 heavy (non-hydrogen) atoms. The van der Waals surface area contributed by atoms with Crippen LogP contribution in [0.2, 0.25) is 0 Å². The maximum atomic E-state index is 6.29. The molecule has 0 radical (unpaired) electrons. The topological polar surface area (TPSA) is 47.7 Å². The van der Waals surface area contributed by atoms with Gasteiger partial charge in [0.25, 0.3) is 0 Å². The molecular formula is C27H30N2O3. The van der Waals surface area contributed by atoms with Crippen LogP contribution in [0, 0.1) is 0 Å². The maximum absolute atomic E-state index is 6.29. The van der Waals surface area contributed by atoms with Gasteiger partial charge in [0.15, 0.2) is 5.58 Å². The molecule has 0 bridgehead atoms. The number of morpholine rings is 1. The zero-order chi connectivity index (χ0) is 22.1. The molecule has 5 rings (SSSR count). The van der Waals surface area contributed by atoms with Crippen LogP contribution in [0.4, 0.5) is 0 Å². The van der Waals surface area contributed by atoms with E-state index in [-0.39, 0.29) is 5.41 Å². The number of nitrogens with zero attached hydrogens (tertiary/aromatic N) is 2. The molecule has 0 atom stereocenters. The number of oxazole rings is 1. The molecule has 0 unspecified atom stereocenters. The lowest BCUT2D eigenvalue weighted by atomic mass is 9.87. The number of hydrogen-bond acceptors (Lipinski definition) is 5. The molecule has 5 heteroatoms. The average molecular weight is 431 g/mol. The smallest absolute Gasteiger partial charge is 0.231 e.